The van der Waals surface area contributed by atoms with E-state index in [-0.39, 0.29) is 0 Å². The number of aromatic nitrogens is 4. The zero-order chi connectivity index (χ0) is 14.7. The summed E-state index contributed by atoms with van der Waals surface area (Å²) < 4.78 is 4.44. The Morgan fingerprint density at radius 1 is 1.24 bits per heavy atom. The summed E-state index contributed by atoms with van der Waals surface area (Å²) in [5.74, 6) is 0.669. The Labute approximate surface area is 126 Å². The summed E-state index contributed by atoms with van der Waals surface area (Å²) in [7, 11) is 0. The molecule has 0 amide bonds. The minimum atomic E-state index is 0.669. The van der Waals surface area contributed by atoms with Crippen LogP contribution in [0.1, 0.15) is 42.3 Å². The van der Waals surface area contributed by atoms with Crippen molar-refractivity contribution in [1.82, 2.24) is 24.6 Å². The van der Waals surface area contributed by atoms with E-state index in [1.807, 2.05) is 6.33 Å². The molecule has 1 aliphatic rings. The van der Waals surface area contributed by atoms with Crippen molar-refractivity contribution in [2.75, 3.05) is 13.1 Å². The Hall–Kier alpha value is -1.62. The predicted octanol–water partition coefficient (Wildman–Crippen LogP) is 2.25. The van der Waals surface area contributed by atoms with Crippen LogP contribution < -0.4 is 5.32 Å². The molecular formula is C16H25N5. The fourth-order valence-electron chi connectivity index (χ4n) is 3.27. The molecule has 0 spiro atoms. The van der Waals surface area contributed by atoms with Crippen molar-refractivity contribution in [2.45, 2.75) is 52.1 Å². The van der Waals surface area contributed by atoms with Gasteiger partial charge in [0, 0.05) is 36.6 Å². The topological polar surface area (TPSA) is 47.7 Å². The second-order valence-corrected chi connectivity index (χ2v) is 6.04. The summed E-state index contributed by atoms with van der Waals surface area (Å²) >= 11 is 0. The highest BCUT2D eigenvalue weighted by Crippen LogP contribution is 2.24. The third-order valence-corrected chi connectivity index (χ3v) is 4.37. The maximum atomic E-state index is 4.52. The Bertz CT molecular complexity index is 577. The van der Waals surface area contributed by atoms with E-state index in [0.29, 0.717) is 5.92 Å². The van der Waals surface area contributed by atoms with Gasteiger partial charge >= 0.3 is 0 Å². The van der Waals surface area contributed by atoms with Crippen LogP contribution in [0, 0.1) is 13.8 Å². The van der Waals surface area contributed by atoms with E-state index >= 15 is 0 Å². The molecule has 0 aromatic carbocycles. The smallest absolute Gasteiger partial charge is 0.0948 e. The van der Waals surface area contributed by atoms with Gasteiger partial charge in [-0.2, -0.15) is 5.10 Å². The fourth-order valence-corrected chi connectivity index (χ4v) is 3.27. The van der Waals surface area contributed by atoms with E-state index in [2.05, 4.69) is 50.8 Å². The van der Waals surface area contributed by atoms with Crippen molar-refractivity contribution in [1.29, 1.82) is 0 Å². The normalized spacial score (nSPS) is 16.5. The van der Waals surface area contributed by atoms with E-state index in [1.165, 1.54) is 24.2 Å². The number of nitrogens with one attached hydrogen (secondary N) is 1. The van der Waals surface area contributed by atoms with Crippen LogP contribution in [0.25, 0.3) is 0 Å². The number of piperidine rings is 1. The minimum absolute atomic E-state index is 0.669. The lowest BCUT2D eigenvalue weighted by molar-refractivity contribution is 0.430. The first kappa shape index (κ1) is 14.3. The first-order valence-electron chi connectivity index (χ1n) is 7.96. The summed E-state index contributed by atoms with van der Waals surface area (Å²) in [6, 6.07) is 2.14. The molecule has 2 aromatic heterocycles. The van der Waals surface area contributed by atoms with E-state index in [4.69, 9.17) is 0 Å². The van der Waals surface area contributed by atoms with Crippen molar-refractivity contribution < 1.29 is 0 Å². The molecule has 1 aliphatic heterocycles. The maximum Gasteiger partial charge on any atom is 0.0948 e. The van der Waals surface area contributed by atoms with Gasteiger partial charge in [0.15, 0.2) is 0 Å². The first-order valence-corrected chi connectivity index (χ1v) is 7.96. The number of nitrogens with zero attached hydrogens (tertiary/aromatic N) is 4. The molecule has 1 N–H and O–H groups in total. The van der Waals surface area contributed by atoms with E-state index in [0.717, 1.165) is 38.3 Å². The van der Waals surface area contributed by atoms with Gasteiger partial charge in [-0.3, -0.25) is 4.68 Å². The van der Waals surface area contributed by atoms with E-state index in [9.17, 15) is 0 Å². The Morgan fingerprint density at radius 2 is 2.05 bits per heavy atom. The number of hydrogen-bond acceptors (Lipinski definition) is 3. The van der Waals surface area contributed by atoms with Gasteiger partial charge in [0.2, 0.25) is 0 Å². The predicted molar refractivity (Wildman–Crippen MR) is 83.4 cm³/mol. The molecule has 3 heterocycles. The molecule has 0 atom stereocenters. The average Bonchev–Trinajstić information content (AvgIpc) is 3.07. The summed E-state index contributed by atoms with van der Waals surface area (Å²) in [4.78, 5) is 4.36. The lowest BCUT2D eigenvalue weighted by Crippen LogP contribution is -2.27. The summed E-state index contributed by atoms with van der Waals surface area (Å²) in [6.07, 6.45) is 7.58. The Kier molecular flexibility index (Phi) is 4.39. The van der Waals surface area contributed by atoms with Crippen LogP contribution in [-0.4, -0.2) is 32.4 Å². The van der Waals surface area contributed by atoms with Crippen molar-refractivity contribution in [3.63, 3.8) is 0 Å². The van der Waals surface area contributed by atoms with Gasteiger partial charge in [-0.05, 0) is 52.3 Å². The SMILES string of the molecule is Cc1cc(C)n(CCCn2cncc2C2CCNCC2)n1. The van der Waals surface area contributed by atoms with Crippen LogP contribution in [0.5, 0.6) is 0 Å². The third-order valence-electron chi connectivity index (χ3n) is 4.37. The van der Waals surface area contributed by atoms with Gasteiger partial charge in [-0.25, -0.2) is 4.98 Å². The van der Waals surface area contributed by atoms with Crippen molar-refractivity contribution in [3.8, 4) is 0 Å². The van der Waals surface area contributed by atoms with Gasteiger partial charge < -0.3 is 9.88 Å². The molecule has 0 unspecified atom stereocenters. The summed E-state index contributed by atoms with van der Waals surface area (Å²) in [5, 5.41) is 7.95. The highest BCUT2D eigenvalue weighted by Gasteiger charge is 2.18. The zero-order valence-corrected chi connectivity index (χ0v) is 13.0. The molecule has 5 nitrogen and oxygen atoms in total. The molecule has 0 bridgehead atoms. The molecule has 1 fully saturated rings. The highest BCUT2D eigenvalue weighted by molar-refractivity contribution is 5.08. The number of hydrogen-bond donors (Lipinski definition) is 1. The number of imidazole rings is 1. The third kappa shape index (κ3) is 3.35. The quantitative estimate of drug-likeness (QED) is 0.917. The monoisotopic (exact) mass is 287 g/mol. The lowest BCUT2D eigenvalue weighted by Gasteiger charge is -2.23. The Morgan fingerprint density at radius 3 is 2.76 bits per heavy atom. The molecule has 1 saturated heterocycles. The first-order chi connectivity index (χ1) is 10.2. The van der Waals surface area contributed by atoms with Crippen LogP contribution in [0.4, 0.5) is 0 Å². The summed E-state index contributed by atoms with van der Waals surface area (Å²) in [5.41, 5.74) is 3.76. The van der Waals surface area contributed by atoms with Gasteiger partial charge in [0.25, 0.3) is 0 Å². The second-order valence-electron chi connectivity index (χ2n) is 6.04. The average molecular weight is 287 g/mol. The van der Waals surface area contributed by atoms with Crippen molar-refractivity contribution in [3.05, 3.63) is 35.7 Å². The maximum absolute atomic E-state index is 4.52. The van der Waals surface area contributed by atoms with Gasteiger partial charge in [-0.15, -0.1) is 0 Å². The minimum Gasteiger partial charge on any atom is -0.334 e. The van der Waals surface area contributed by atoms with Gasteiger partial charge in [0.1, 0.15) is 0 Å². The number of aryl methyl sites for hydroxylation is 4. The zero-order valence-electron chi connectivity index (χ0n) is 13.0. The van der Waals surface area contributed by atoms with Crippen LogP contribution in [-0.2, 0) is 13.1 Å². The lowest BCUT2D eigenvalue weighted by atomic mass is 9.95. The summed E-state index contributed by atoms with van der Waals surface area (Å²) in [6.45, 7) is 8.43. The van der Waals surface area contributed by atoms with Gasteiger partial charge in [-0.1, -0.05) is 0 Å². The van der Waals surface area contributed by atoms with Gasteiger partial charge in [0.05, 0.1) is 12.0 Å². The largest absolute Gasteiger partial charge is 0.334 e. The number of rotatable bonds is 5. The van der Waals surface area contributed by atoms with Crippen molar-refractivity contribution >= 4 is 0 Å². The Balaban J connectivity index is 1.58. The van der Waals surface area contributed by atoms with Crippen LogP contribution in [0.2, 0.25) is 0 Å². The molecule has 0 aliphatic carbocycles. The molecule has 114 valence electrons. The van der Waals surface area contributed by atoms with Crippen LogP contribution in [0.15, 0.2) is 18.6 Å². The standard InChI is InChI=1S/C16H25N5/c1-13-10-14(2)21(19-13)9-3-8-20-12-18-11-16(20)15-4-6-17-7-5-15/h10-12,15,17H,3-9H2,1-2H3. The molecule has 0 radical (unpaired) electrons. The molecular weight excluding hydrogens is 262 g/mol. The fraction of sp³-hybridized carbons (Fsp3) is 0.625. The van der Waals surface area contributed by atoms with Crippen LogP contribution in [0.3, 0.4) is 0 Å². The van der Waals surface area contributed by atoms with Crippen LogP contribution >= 0.6 is 0 Å². The molecule has 3 rings (SSSR count). The van der Waals surface area contributed by atoms with E-state index < -0.39 is 0 Å². The molecule has 0 saturated carbocycles. The molecule has 5 heteroatoms. The van der Waals surface area contributed by atoms with Crippen molar-refractivity contribution in [2.24, 2.45) is 0 Å². The highest BCUT2D eigenvalue weighted by atomic mass is 15.3. The molecule has 2 aromatic rings. The second kappa shape index (κ2) is 6.43. The molecule has 21 heavy (non-hydrogen) atoms. The van der Waals surface area contributed by atoms with E-state index in [1.54, 1.807) is 0 Å².